The van der Waals surface area contributed by atoms with Crippen LogP contribution in [0.5, 0.6) is 23.0 Å². The zero-order valence-corrected chi connectivity index (χ0v) is 24.3. The van der Waals surface area contributed by atoms with E-state index in [0.29, 0.717) is 45.8 Å². The minimum absolute atomic E-state index is 0.0307. The molecule has 0 saturated carbocycles. The molecule has 2 aliphatic rings. The Balaban J connectivity index is 1.19. The SMILES string of the molecule is COc1c2ccoc2c(OC[C@@H]2O[C@]3(C=Cc4c(cc5occc5c4OCC=C(C)C)O3)OC2(C)C)c2oc(=O)ccc12. The van der Waals surface area contributed by atoms with Crippen LogP contribution in [0.15, 0.2) is 78.6 Å². The molecule has 5 heterocycles. The summed E-state index contributed by atoms with van der Waals surface area (Å²) in [4.78, 5) is 12.2. The second-order valence-corrected chi connectivity index (χ2v) is 11.2. The quantitative estimate of drug-likeness (QED) is 0.146. The van der Waals surface area contributed by atoms with E-state index in [0.717, 1.165) is 16.5 Å². The number of benzene rings is 2. The summed E-state index contributed by atoms with van der Waals surface area (Å²) in [6, 6.07) is 8.41. The molecular formula is C33H30O10. The van der Waals surface area contributed by atoms with Gasteiger partial charge in [-0.15, -0.1) is 0 Å². The highest BCUT2D eigenvalue weighted by Crippen LogP contribution is 2.48. The summed E-state index contributed by atoms with van der Waals surface area (Å²) < 4.78 is 54.2. The fraction of sp³-hybridized carbons (Fsp3) is 0.303. The van der Waals surface area contributed by atoms with Crippen LogP contribution < -0.4 is 24.6 Å². The van der Waals surface area contributed by atoms with Crippen LogP contribution in [0, 0.1) is 0 Å². The Morgan fingerprint density at radius 2 is 1.74 bits per heavy atom. The monoisotopic (exact) mass is 586 g/mol. The van der Waals surface area contributed by atoms with Crippen LogP contribution >= 0.6 is 0 Å². The van der Waals surface area contributed by atoms with Gasteiger partial charge >= 0.3 is 11.6 Å². The maximum atomic E-state index is 12.2. The summed E-state index contributed by atoms with van der Waals surface area (Å²) in [5, 5.41) is 2.10. The van der Waals surface area contributed by atoms with Gasteiger partial charge in [0.15, 0.2) is 11.2 Å². The van der Waals surface area contributed by atoms with E-state index in [4.69, 9.17) is 41.7 Å². The first-order valence-corrected chi connectivity index (χ1v) is 13.9. The lowest BCUT2D eigenvalue weighted by molar-refractivity contribution is -0.271. The summed E-state index contributed by atoms with van der Waals surface area (Å²) in [6.07, 6.45) is 8.14. The standard InChI is InChI=1S/C33H30O10/c1-18(2)9-13-37-28-19-8-12-33(41-24(19)16-23-20(28)10-14-36-23)42-25(32(3,4)43-33)17-39-31-29-22(11-15-38-29)27(35-5)21-6-7-26(34)40-30(21)31/h6-12,14-16,25H,13,17H2,1-5H3/t25-,33+/m0/s1. The summed E-state index contributed by atoms with van der Waals surface area (Å²) in [6.45, 7) is 8.25. The van der Waals surface area contributed by atoms with E-state index in [1.165, 1.54) is 12.3 Å². The molecule has 1 fully saturated rings. The summed E-state index contributed by atoms with van der Waals surface area (Å²) in [5.41, 5.74) is 1.75. The van der Waals surface area contributed by atoms with Crippen molar-refractivity contribution in [2.24, 2.45) is 0 Å². The van der Waals surface area contributed by atoms with Crippen molar-refractivity contribution >= 4 is 39.0 Å². The van der Waals surface area contributed by atoms with E-state index >= 15 is 0 Å². The van der Waals surface area contributed by atoms with Crippen molar-refractivity contribution < 1.29 is 41.7 Å². The highest BCUT2D eigenvalue weighted by molar-refractivity contribution is 6.06. The van der Waals surface area contributed by atoms with Gasteiger partial charge in [0.25, 0.3) is 0 Å². The highest BCUT2D eigenvalue weighted by Gasteiger charge is 2.55. The number of methoxy groups -OCH3 is 1. The average molecular weight is 587 g/mol. The van der Waals surface area contributed by atoms with Crippen molar-refractivity contribution in [2.75, 3.05) is 20.3 Å². The second-order valence-electron chi connectivity index (χ2n) is 11.2. The summed E-state index contributed by atoms with van der Waals surface area (Å²) in [7, 11) is 1.55. The fourth-order valence-electron chi connectivity index (χ4n) is 5.47. The van der Waals surface area contributed by atoms with Crippen LogP contribution in [0.4, 0.5) is 0 Å². The fourth-order valence-corrected chi connectivity index (χ4v) is 5.47. The van der Waals surface area contributed by atoms with Crippen molar-refractivity contribution in [3.8, 4) is 23.0 Å². The van der Waals surface area contributed by atoms with Gasteiger partial charge < -0.3 is 41.7 Å². The highest BCUT2D eigenvalue weighted by atomic mass is 16.9. The van der Waals surface area contributed by atoms with Crippen molar-refractivity contribution in [1.29, 1.82) is 0 Å². The number of hydrogen-bond acceptors (Lipinski definition) is 10. The summed E-state index contributed by atoms with van der Waals surface area (Å²) >= 11 is 0. The predicted molar refractivity (Wildman–Crippen MR) is 158 cm³/mol. The van der Waals surface area contributed by atoms with Crippen LogP contribution in [0.25, 0.3) is 39.0 Å². The Morgan fingerprint density at radius 3 is 2.56 bits per heavy atom. The molecule has 1 saturated heterocycles. The van der Waals surface area contributed by atoms with Gasteiger partial charge in [0.1, 0.15) is 42.1 Å². The Bertz CT molecular complexity index is 1980. The Morgan fingerprint density at radius 1 is 0.953 bits per heavy atom. The molecule has 0 unspecified atom stereocenters. The van der Waals surface area contributed by atoms with Gasteiger partial charge in [-0.2, -0.15) is 0 Å². The third-order valence-electron chi connectivity index (χ3n) is 7.61. The number of fused-ring (bicyclic) bond motifs is 4. The Hall–Kier alpha value is -4.67. The molecule has 2 aliphatic heterocycles. The molecule has 1 spiro atoms. The molecule has 0 radical (unpaired) electrons. The third kappa shape index (κ3) is 4.54. The first kappa shape index (κ1) is 27.2. The maximum Gasteiger partial charge on any atom is 0.350 e. The van der Waals surface area contributed by atoms with E-state index in [9.17, 15) is 4.79 Å². The number of furan rings is 2. The van der Waals surface area contributed by atoms with Gasteiger partial charge in [-0.25, -0.2) is 4.79 Å². The van der Waals surface area contributed by atoms with E-state index in [1.807, 2.05) is 45.9 Å². The van der Waals surface area contributed by atoms with Gasteiger partial charge in [-0.05, 0) is 58.0 Å². The van der Waals surface area contributed by atoms with Crippen LogP contribution in [0.3, 0.4) is 0 Å². The topological polar surface area (TPSA) is 112 Å². The zero-order valence-electron chi connectivity index (χ0n) is 24.3. The van der Waals surface area contributed by atoms with Crippen LogP contribution in [-0.2, 0) is 9.47 Å². The van der Waals surface area contributed by atoms with E-state index in [2.05, 4.69) is 0 Å². The molecule has 2 aromatic carbocycles. The smallest absolute Gasteiger partial charge is 0.350 e. The number of allylic oxidation sites excluding steroid dienone is 1. The van der Waals surface area contributed by atoms with Crippen molar-refractivity contribution in [2.45, 2.75) is 45.4 Å². The van der Waals surface area contributed by atoms with Crippen molar-refractivity contribution in [1.82, 2.24) is 0 Å². The van der Waals surface area contributed by atoms with Gasteiger partial charge in [-0.3, -0.25) is 0 Å². The predicted octanol–water partition coefficient (Wildman–Crippen LogP) is 6.97. The van der Waals surface area contributed by atoms with Gasteiger partial charge in [0.05, 0.1) is 47.0 Å². The third-order valence-corrected chi connectivity index (χ3v) is 7.61. The molecule has 10 heteroatoms. The van der Waals surface area contributed by atoms with Gasteiger partial charge in [0, 0.05) is 18.2 Å². The largest absolute Gasteiger partial charge is 0.495 e. The lowest BCUT2D eigenvalue weighted by Crippen LogP contribution is -2.39. The van der Waals surface area contributed by atoms with Gasteiger partial charge in [0.2, 0.25) is 5.75 Å². The van der Waals surface area contributed by atoms with Crippen LogP contribution in [0.1, 0.15) is 33.3 Å². The molecule has 0 bridgehead atoms. The molecule has 0 N–H and O–H groups in total. The Labute approximate surface area is 245 Å². The molecule has 3 aromatic heterocycles. The summed E-state index contributed by atoms with van der Waals surface area (Å²) in [5.74, 6) is 0.407. The molecule has 2 atom stereocenters. The minimum atomic E-state index is -1.52. The molecule has 10 nitrogen and oxygen atoms in total. The minimum Gasteiger partial charge on any atom is -0.495 e. The molecule has 0 aliphatic carbocycles. The van der Waals surface area contributed by atoms with Crippen molar-refractivity contribution in [3.05, 3.63) is 76.6 Å². The lowest BCUT2D eigenvalue weighted by Gasteiger charge is -2.30. The zero-order chi connectivity index (χ0) is 29.9. The molecule has 7 rings (SSSR count). The average Bonchev–Trinajstić information content (AvgIpc) is 3.68. The van der Waals surface area contributed by atoms with E-state index in [-0.39, 0.29) is 17.9 Å². The molecule has 5 aromatic rings. The van der Waals surface area contributed by atoms with Gasteiger partial charge in [-0.1, -0.05) is 5.57 Å². The Kier molecular flexibility index (Phi) is 6.30. The number of hydrogen-bond donors (Lipinski definition) is 0. The molecule has 43 heavy (non-hydrogen) atoms. The molecule has 222 valence electrons. The normalized spacial score (nSPS) is 20.4. The van der Waals surface area contributed by atoms with E-state index < -0.39 is 23.3 Å². The molecule has 0 amide bonds. The lowest BCUT2D eigenvalue weighted by atomic mass is 10.0. The number of rotatable bonds is 7. The second kappa shape index (κ2) is 9.96. The first-order chi connectivity index (χ1) is 20.7. The van der Waals surface area contributed by atoms with Crippen LogP contribution in [-0.4, -0.2) is 38.0 Å². The number of ether oxygens (including phenoxy) is 6. The van der Waals surface area contributed by atoms with E-state index in [1.54, 1.807) is 37.6 Å². The van der Waals surface area contributed by atoms with Crippen LogP contribution in [0.2, 0.25) is 0 Å². The first-order valence-electron chi connectivity index (χ1n) is 13.9. The van der Waals surface area contributed by atoms with Crippen molar-refractivity contribution in [3.63, 3.8) is 0 Å². The molecular weight excluding hydrogens is 556 g/mol. The maximum absolute atomic E-state index is 12.2.